The molecule has 3 aromatic rings. The van der Waals surface area contributed by atoms with Crippen molar-refractivity contribution in [2.24, 2.45) is 7.05 Å². The third kappa shape index (κ3) is 2.55. The van der Waals surface area contributed by atoms with Crippen molar-refractivity contribution in [3.05, 3.63) is 53.1 Å². The molecule has 0 aromatic carbocycles. The van der Waals surface area contributed by atoms with Crippen molar-refractivity contribution in [2.75, 3.05) is 12.4 Å². The van der Waals surface area contributed by atoms with Crippen molar-refractivity contribution >= 4 is 22.4 Å². The van der Waals surface area contributed by atoms with Gasteiger partial charge >= 0.3 is 0 Å². The molecule has 0 saturated heterocycles. The average molecular weight is 282 g/mol. The molecule has 0 saturated carbocycles. The Morgan fingerprint density at radius 3 is 2.71 bits per heavy atom. The van der Waals surface area contributed by atoms with Crippen molar-refractivity contribution in [1.29, 1.82) is 0 Å². The fourth-order valence-electron chi connectivity index (χ4n) is 2.06. The predicted octanol–water partition coefficient (Wildman–Crippen LogP) is 2.08. The van der Waals surface area contributed by atoms with Gasteiger partial charge in [0.25, 0.3) is 5.56 Å². The average Bonchev–Trinajstić information content (AvgIpc) is 2.52. The number of fused-ring (bicyclic) bond motifs is 1. The van der Waals surface area contributed by atoms with Crippen LogP contribution in [0.2, 0.25) is 0 Å². The highest BCUT2D eigenvalue weighted by molar-refractivity contribution is 5.81. The number of rotatable bonds is 3. The van der Waals surface area contributed by atoms with Crippen LogP contribution in [0.4, 0.5) is 11.5 Å². The molecule has 3 rings (SSSR count). The minimum Gasteiger partial charge on any atom is -0.481 e. The SMILES string of the molecule is COc1ccc(Nc2cc3c(ccc(=O)n3C)cn2)cn1. The fraction of sp³-hybridized carbons (Fsp3) is 0.133. The normalized spacial score (nSPS) is 10.6. The van der Waals surface area contributed by atoms with Crippen LogP contribution in [0.5, 0.6) is 5.88 Å². The second kappa shape index (κ2) is 5.24. The Kier molecular flexibility index (Phi) is 3.27. The Hall–Kier alpha value is -2.89. The molecule has 0 aliphatic carbocycles. The first-order chi connectivity index (χ1) is 10.2. The number of pyridine rings is 3. The molecule has 0 amide bonds. The van der Waals surface area contributed by atoms with Crippen LogP contribution < -0.4 is 15.6 Å². The Balaban J connectivity index is 1.96. The van der Waals surface area contributed by atoms with Crippen LogP contribution in [0.25, 0.3) is 10.9 Å². The van der Waals surface area contributed by atoms with E-state index < -0.39 is 0 Å². The zero-order chi connectivity index (χ0) is 14.8. The van der Waals surface area contributed by atoms with E-state index in [9.17, 15) is 4.79 Å². The van der Waals surface area contributed by atoms with Crippen LogP contribution >= 0.6 is 0 Å². The number of aromatic nitrogens is 3. The quantitative estimate of drug-likeness (QED) is 0.796. The summed E-state index contributed by atoms with van der Waals surface area (Å²) in [7, 11) is 3.31. The number of nitrogens with zero attached hydrogens (tertiary/aromatic N) is 3. The molecule has 6 heteroatoms. The van der Waals surface area contributed by atoms with Crippen molar-refractivity contribution in [2.45, 2.75) is 0 Å². The molecule has 0 bridgehead atoms. The van der Waals surface area contributed by atoms with E-state index in [2.05, 4.69) is 15.3 Å². The lowest BCUT2D eigenvalue weighted by Gasteiger charge is -2.09. The maximum Gasteiger partial charge on any atom is 0.250 e. The molecular weight excluding hydrogens is 268 g/mol. The first kappa shape index (κ1) is 13.1. The number of hydrogen-bond donors (Lipinski definition) is 1. The summed E-state index contributed by atoms with van der Waals surface area (Å²) in [6.45, 7) is 0. The standard InChI is InChI=1S/C15H14N4O2/c1-19-12-7-13(16-8-10(12)3-6-15(19)20)18-11-4-5-14(21-2)17-9-11/h3-9H,1-2H3,(H,16,18). The Labute approximate surface area is 121 Å². The molecule has 6 nitrogen and oxygen atoms in total. The molecule has 0 aliphatic heterocycles. The van der Waals surface area contributed by atoms with Gasteiger partial charge in [-0.1, -0.05) is 0 Å². The van der Waals surface area contributed by atoms with Gasteiger partial charge in [-0.15, -0.1) is 0 Å². The van der Waals surface area contributed by atoms with Gasteiger partial charge in [-0.2, -0.15) is 0 Å². The van der Waals surface area contributed by atoms with Gasteiger partial charge in [-0.05, 0) is 12.1 Å². The summed E-state index contributed by atoms with van der Waals surface area (Å²) in [6, 6.07) is 8.75. The second-order valence-corrected chi connectivity index (χ2v) is 4.57. The molecule has 0 spiro atoms. The van der Waals surface area contributed by atoms with Crippen LogP contribution in [0.1, 0.15) is 0 Å². The third-order valence-corrected chi connectivity index (χ3v) is 3.23. The van der Waals surface area contributed by atoms with Gasteiger partial charge in [0.05, 0.1) is 24.5 Å². The Morgan fingerprint density at radius 1 is 1.14 bits per heavy atom. The number of methoxy groups -OCH3 is 1. The van der Waals surface area contributed by atoms with E-state index in [4.69, 9.17) is 4.74 Å². The van der Waals surface area contributed by atoms with E-state index in [1.54, 1.807) is 43.3 Å². The van der Waals surface area contributed by atoms with Gasteiger partial charge in [0, 0.05) is 36.8 Å². The zero-order valence-electron chi connectivity index (χ0n) is 11.7. The number of anilines is 2. The summed E-state index contributed by atoms with van der Waals surface area (Å²) in [5, 5.41) is 4.06. The second-order valence-electron chi connectivity index (χ2n) is 4.57. The molecule has 0 unspecified atom stereocenters. The van der Waals surface area contributed by atoms with Gasteiger partial charge in [0.2, 0.25) is 5.88 Å². The smallest absolute Gasteiger partial charge is 0.250 e. The number of aryl methyl sites for hydroxylation is 1. The van der Waals surface area contributed by atoms with E-state index in [0.717, 1.165) is 16.6 Å². The summed E-state index contributed by atoms with van der Waals surface area (Å²) in [4.78, 5) is 20.1. The maximum atomic E-state index is 11.7. The number of nitrogens with one attached hydrogen (secondary N) is 1. The lowest BCUT2D eigenvalue weighted by Crippen LogP contribution is -2.15. The molecule has 0 fully saturated rings. The van der Waals surface area contributed by atoms with Crippen LogP contribution in [0.15, 0.2) is 47.5 Å². The van der Waals surface area contributed by atoms with Gasteiger partial charge in [0.15, 0.2) is 0 Å². The Morgan fingerprint density at radius 2 is 2.00 bits per heavy atom. The molecule has 3 aromatic heterocycles. The largest absolute Gasteiger partial charge is 0.481 e. The summed E-state index contributed by atoms with van der Waals surface area (Å²) in [6.07, 6.45) is 3.39. The monoisotopic (exact) mass is 282 g/mol. The zero-order valence-corrected chi connectivity index (χ0v) is 11.7. The summed E-state index contributed by atoms with van der Waals surface area (Å²) in [5.41, 5.74) is 1.57. The van der Waals surface area contributed by atoms with Gasteiger partial charge in [-0.25, -0.2) is 9.97 Å². The van der Waals surface area contributed by atoms with Crippen LogP contribution in [-0.2, 0) is 7.05 Å². The minimum absolute atomic E-state index is 0.0502. The minimum atomic E-state index is -0.0502. The molecule has 0 radical (unpaired) electrons. The highest BCUT2D eigenvalue weighted by Gasteiger charge is 2.03. The van der Waals surface area contributed by atoms with E-state index >= 15 is 0 Å². The topological polar surface area (TPSA) is 69.0 Å². The maximum absolute atomic E-state index is 11.7. The number of hydrogen-bond acceptors (Lipinski definition) is 5. The molecule has 3 heterocycles. The molecular formula is C15H14N4O2. The fourth-order valence-corrected chi connectivity index (χ4v) is 2.06. The van der Waals surface area contributed by atoms with Crippen LogP contribution in [0, 0.1) is 0 Å². The summed E-state index contributed by atoms with van der Waals surface area (Å²) >= 11 is 0. The van der Waals surface area contributed by atoms with E-state index in [1.807, 2.05) is 12.1 Å². The van der Waals surface area contributed by atoms with Crippen molar-refractivity contribution in [3.63, 3.8) is 0 Å². The van der Waals surface area contributed by atoms with Crippen LogP contribution in [-0.4, -0.2) is 21.6 Å². The first-order valence-electron chi connectivity index (χ1n) is 6.40. The highest BCUT2D eigenvalue weighted by atomic mass is 16.5. The molecule has 21 heavy (non-hydrogen) atoms. The van der Waals surface area contributed by atoms with E-state index in [0.29, 0.717) is 11.7 Å². The van der Waals surface area contributed by atoms with Crippen LogP contribution in [0.3, 0.4) is 0 Å². The third-order valence-electron chi connectivity index (χ3n) is 3.23. The van der Waals surface area contributed by atoms with E-state index in [-0.39, 0.29) is 5.56 Å². The first-order valence-corrected chi connectivity index (χ1v) is 6.40. The summed E-state index contributed by atoms with van der Waals surface area (Å²) < 4.78 is 6.61. The van der Waals surface area contributed by atoms with E-state index in [1.165, 1.54) is 6.07 Å². The predicted molar refractivity (Wildman–Crippen MR) is 81.1 cm³/mol. The van der Waals surface area contributed by atoms with Gasteiger partial charge in [0.1, 0.15) is 5.82 Å². The van der Waals surface area contributed by atoms with Crippen molar-refractivity contribution in [1.82, 2.24) is 14.5 Å². The van der Waals surface area contributed by atoms with Crippen molar-refractivity contribution in [3.8, 4) is 5.88 Å². The van der Waals surface area contributed by atoms with Gasteiger partial charge in [-0.3, -0.25) is 4.79 Å². The lowest BCUT2D eigenvalue weighted by molar-refractivity contribution is 0.398. The molecule has 106 valence electrons. The molecule has 0 atom stereocenters. The highest BCUT2D eigenvalue weighted by Crippen LogP contribution is 2.19. The van der Waals surface area contributed by atoms with Crippen molar-refractivity contribution < 1.29 is 4.74 Å². The summed E-state index contributed by atoms with van der Waals surface area (Å²) in [5.74, 6) is 1.20. The number of ether oxygens (including phenoxy) is 1. The molecule has 1 N–H and O–H groups in total. The Bertz CT molecular complexity index is 840. The van der Waals surface area contributed by atoms with Gasteiger partial charge < -0.3 is 14.6 Å². The lowest BCUT2D eigenvalue weighted by atomic mass is 10.2. The molecule has 0 aliphatic rings.